The number of alkyl halides is 3. The summed E-state index contributed by atoms with van der Waals surface area (Å²) in [4.78, 5) is 22.2. The van der Waals surface area contributed by atoms with Gasteiger partial charge < -0.3 is 0 Å². The molecule has 2 aromatic carbocycles. The summed E-state index contributed by atoms with van der Waals surface area (Å²) in [6.45, 7) is 0. The molecule has 27 heavy (non-hydrogen) atoms. The molecule has 0 aliphatic heterocycles. The Morgan fingerprint density at radius 3 is 2.41 bits per heavy atom. The minimum atomic E-state index is -4.72. The average molecular weight is 383 g/mol. The smallest absolute Gasteiger partial charge is 0.292 e. The molecule has 1 fully saturated rings. The van der Waals surface area contributed by atoms with Gasteiger partial charge in [0.15, 0.2) is 0 Å². The molecule has 142 valence electrons. The number of carbonyl (C=O) groups is 1. The Hall–Kier alpha value is -3.17. The lowest BCUT2D eigenvalue weighted by molar-refractivity contribution is -0.384. The standard InChI is InChI=1S/C17H13F4N3O3/c18-11-4-1-9(2-5-11)12-8-13(12)16(25)23-22-14-6-3-10(17(19,20)21)7-15(14)24(26)27/h1-7,12-13,22H,8H2,(H,23,25). The van der Waals surface area contributed by atoms with Crippen LogP contribution >= 0.6 is 0 Å². The van der Waals surface area contributed by atoms with Crippen molar-refractivity contribution in [3.8, 4) is 0 Å². The minimum Gasteiger partial charge on any atom is -0.292 e. The fourth-order valence-corrected chi connectivity index (χ4v) is 2.75. The molecule has 2 unspecified atom stereocenters. The molecule has 0 spiro atoms. The van der Waals surface area contributed by atoms with E-state index in [1.54, 1.807) is 12.1 Å². The van der Waals surface area contributed by atoms with E-state index >= 15 is 0 Å². The lowest BCUT2D eigenvalue weighted by Crippen LogP contribution is -2.31. The second-order valence-corrected chi connectivity index (χ2v) is 6.10. The number of amides is 1. The van der Waals surface area contributed by atoms with Crippen LogP contribution in [0.5, 0.6) is 0 Å². The summed E-state index contributed by atoms with van der Waals surface area (Å²) in [5.74, 6) is -1.36. The number of carbonyl (C=O) groups excluding carboxylic acids is 1. The first kappa shape index (κ1) is 18.6. The summed E-state index contributed by atoms with van der Waals surface area (Å²) in [6.07, 6.45) is -4.20. The first-order valence-electron chi connectivity index (χ1n) is 7.84. The van der Waals surface area contributed by atoms with Crippen LogP contribution in [0, 0.1) is 21.8 Å². The van der Waals surface area contributed by atoms with Crippen LogP contribution < -0.4 is 10.9 Å². The zero-order valence-electron chi connectivity index (χ0n) is 13.6. The van der Waals surface area contributed by atoms with Crippen LogP contribution in [0.4, 0.5) is 28.9 Å². The van der Waals surface area contributed by atoms with Gasteiger partial charge in [-0.15, -0.1) is 0 Å². The van der Waals surface area contributed by atoms with E-state index in [0.717, 1.165) is 11.6 Å². The zero-order chi connectivity index (χ0) is 19.8. The van der Waals surface area contributed by atoms with Crippen LogP contribution in [0.15, 0.2) is 42.5 Å². The van der Waals surface area contributed by atoms with Crippen LogP contribution in [0.2, 0.25) is 0 Å². The zero-order valence-corrected chi connectivity index (χ0v) is 13.6. The molecular formula is C17H13F4N3O3. The van der Waals surface area contributed by atoms with Crippen molar-refractivity contribution in [2.45, 2.75) is 18.5 Å². The predicted octanol–water partition coefficient (Wildman–Crippen LogP) is 4.00. The maximum atomic E-state index is 12.9. The van der Waals surface area contributed by atoms with Crippen molar-refractivity contribution in [2.24, 2.45) is 5.92 Å². The fraction of sp³-hybridized carbons (Fsp3) is 0.235. The fourth-order valence-electron chi connectivity index (χ4n) is 2.75. The maximum absolute atomic E-state index is 12.9. The summed E-state index contributed by atoms with van der Waals surface area (Å²) in [5, 5.41) is 11.0. The Labute approximate surface area is 150 Å². The summed E-state index contributed by atoms with van der Waals surface area (Å²) in [5.41, 5.74) is 3.14. The number of nitrogens with zero attached hydrogens (tertiary/aromatic N) is 1. The second-order valence-electron chi connectivity index (χ2n) is 6.10. The molecule has 6 nitrogen and oxygen atoms in total. The summed E-state index contributed by atoms with van der Waals surface area (Å²) >= 11 is 0. The van der Waals surface area contributed by atoms with Gasteiger partial charge in [0.05, 0.1) is 10.5 Å². The Bertz CT molecular complexity index is 884. The molecule has 0 heterocycles. The molecular weight excluding hydrogens is 370 g/mol. The minimum absolute atomic E-state index is 0.102. The van der Waals surface area contributed by atoms with Crippen LogP contribution in [0.1, 0.15) is 23.5 Å². The molecule has 2 N–H and O–H groups in total. The predicted molar refractivity (Wildman–Crippen MR) is 87.1 cm³/mol. The van der Waals surface area contributed by atoms with Crippen molar-refractivity contribution >= 4 is 17.3 Å². The molecule has 2 aromatic rings. The SMILES string of the molecule is O=C(NNc1ccc(C(F)(F)F)cc1[N+](=O)[O-])C1CC1c1ccc(F)cc1. The highest BCUT2D eigenvalue weighted by Gasteiger charge is 2.44. The van der Waals surface area contributed by atoms with Crippen molar-refractivity contribution in [2.75, 3.05) is 5.43 Å². The molecule has 0 radical (unpaired) electrons. The highest BCUT2D eigenvalue weighted by atomic mass is 19.4. The second kappa shape index (κ2) is 6.86. The van der Waals surface area contributed by atoms with Gasteiger partial charge in [-0.1, -0.05) is 12.1 Å². The Kier molecular flexibility index (Phi) is 4.73. The number of benzene rings is 2. The monoisotopic (exact) mass is 383 g/mol. The quantitative estimate of drug-likeness (QED) is 0.464. The first-order valence-corrected chi connectivity index (χ1v) is 7.84. The van der Waals surface area contributed by atoms with Crippen LogP contribution in [0.25, 0.3) is 0 Å². The van der Waals surface area contributed by atoms with E-state index < -0.39 is 40.0 Å². The van der Waals surface area contributed by atoms with Gasteiger partial charge in [0.2, 0.25) is 5.91 Å². The molecule has 1 saturated carbocycles. The molecule has 10 heteroatoms. The van der Waals surface area contributed by atoms with Gasteiger partial charge in [0.1, 0.15) is 11.5 Å². The van der Waals surface area contributed by atoms with E-state index in [1.165, 1.54) is 12.1 Å². The third-order valence-corrected chi connectivity index (χ3v) is 4.27. The van der Waals surface area contributed by atoms with Gasteiger partial charge in [-0.3, -0.25) is 25.8 Å². The first-order chi connectivity index (χ1) is 12.7. The Morgan fingerprint density at radius 1 is 1.15 bits per heavy atom. The van der Waals surface area contributed by atoms with E-state index in [4.69, 9.17) is 0 Å². The number of hydrogen-bond acceptors (Lipinski definition) is 4. The molecule has 2 atom stereocenters. The highest BCUT2D eigenvalue weighted by Crippen LogP contribution is 2.47. The maximum Gasteiger partial charge on any atom is 0.416 e. The lowest BCUT2D eigenvalue weighted by atomic mass is 10.1. The molecule has 3 rings (SSSR count). The average Bonchev–Trinajstić information content (AvgIpc) is 3.40. The van der Waals surface area contributed by atoms with Crippen LogP contribution in [0.3, 0.4) is 0 Å². The van der Waals surface area contributed by atoms with Crippen molar-refractivity contribution in [3.63, 3.8) is 0 Å². The molecule has 1 aliphatic carbocycles. The normalized spacial score (nSPS) is 18.7. The number of nitro benzene ring substituents is 1. The van der Waals surface area contributed by atoms with Gasteiger partial charge in [0, 0.05) is 12.0 Å². The number of rotatable bonds is 5. The van der Waals surface area contributed by atoms with E-state index in [1.807, 2.05) is 0 Å². The van der Waals surface area contributed by atoms with Gasteiger partial charge in [-0.2, -0.15) is 13.2 Å². The molecule has 0 bridgehead atoms. The largest absolute Gasteiger partial charge is 0.416 e. The highest BCUT2D eigenvalue weighted by molar-refractivity contribution is 5.84. The molecule has 0 saturated heterocycles. The molecule has 1 aliphatic rings. The van der Waals surface area contributed by atoms with Crippen LogP contribution in [-0.4, -0.2) is 10.8 Å². The van der Waals surface area contributed by atoms with E-state index in [-0.39, 0.29) is 11.6 Å². The van der Waals surface area contributed by atoms with Gasteiger partial charge in [0.25, 0.3) is 5.69 Å². The van der Waals surface area contributed by atoms with E-state index in [0.29, 0.717) is 18.6 Å². The van der Waals surface area contributed by atoms with Crippen LogP contribution in [-0.2, 0) is 11.0 Å². The van der Waals surface area contributed by atoms with Crippen molar-refractivity contribution in [1.29, 1.82) is 0 Å². The number of nitro groups is 1. The van der Waals surface area contributed by atoms with Gasteiger partial charge in [-0.25, -0.2) is 4.39 Å². The molecule has 1 amide bonds. The molecule has 0 aromatic heterocycles. The Balaban J connectivity index is 1.65. The number of halogens is 4. The number of hydrogen-bond donors (Lipinski definition) is 2. The lowest BCUT2D eigenvalue weighted by Gasteiger charge is -2.11. The number of hydrazine groups is 1. The topological polar surface area (TPSA) is 84.3 Å². The third kappa shape index (κ3) is 4.15. The van der Waals surface area contributed by atoms with Crippen molar-refractivity contribution in [1.82, 2.24) is 5.43 Å². The van der Waals surface area contributed by atoms with E-state index in [2.05, 4.69) is 10.9 Å². The summed E-state index contributed by atoms with van der Waals surface area (Å²) < 4.78 is 51.0. The van der Waals surface area contributed by atoms with Crippen molar-refractivity contribution in [3.05, 3.63) is 69.5 Å². The number of nitrogens with one attached hydrogen (secondary N) is 2. The Morgan fingerprint density at radius 2 is 1.81 bits per heavy atom. The van der Waals surface area contributed by atoms with Gasteiger partial charge >= 0.3 is 6.18 Å². The number of anilines is 1. The van der Waals surface area contributed by atoms with Gasteiger partial charge in [-0.05, 0) is 42.2 Å². The van der Waals surface area contributed by atoms with E-state index in [9.17, 15) is 32.5 Å². The summed E-state index contributed by atoms with van der Waals surface area (Å²) in [7, 11) is 0. The van der Waals surface area contributed by atoms with Crippen molar-refractivity contribution < 1.29 is 27.3 Å². The summed E-state index contributed by atoms with van der Waals surface area (Å²) in [6, 6.07) is 7.67. The third-order valence-electron chi connectivity index (χ3n) is 4.27.